The van der Waals surface area contributed by atoms with Gasteiger partial charge in [-0.1, -0.05) is 12.1 Å². The number of nitrogens with zero attached hydrogens (tertiary/aromatic N) is 1. The topological polar surface area (TPSA) is 59.0 Å². The molecule has 0 bridgehead atoms. The molecule has 0 saturated carbocycles. The number of aliphatic carboxylic acids is 1. The van der Waals surface area contributed by atoms with Crippen LogP contribution in [0.1, 0.15) is 29.3 Å². The van der Waals surface area contributed by atoms with E-state index in [9.17, 15) is 9.90 Å². The van der Waals surface area contributed by atoms with E-state index in [2.05, 4.69) is 16.3 Å². The lowest BCUT2D eigenvalue weighted by atomic mass is 9.94. The molecular weight excluding hydrogens is 338 g/mol. The molecule has 0 amide bonds. The molecule has 1 saturated heterocycles. The summed E-state index contributed by atoms with van der Waals surface area (Å²) in [5.41, 5.74) is 1.09. The Labute approximate surface area is 151 Å². The first kappa shape index (κ1) is 17.8. The standard InChI is InChI=1S/C19H23NO4S/c1-23-15-8-7-13(11-16(15)24-2)18(17-6-4-10-25-17)20-9-3-5-14(12-20)19(21)22/h4,6-8,10-11,14,18H,3,5,9,12H2,1-2H3,(H,21,22). The van der Waals surface area contributed by atoms with Crippen LogP contribution in [0, 0.1) is 5.92 Å². The highest BCUT2D eigenvalue weighted by Crippen LogP contribution is 2.38. The van der Waals surface area contributed by atoms with Crippen LogP contribution in [0.5, 0.6) is 11.5 Å². The largest absolute Gasteiger partial charge is 0.493 e. The molecule has 2 heterocycles. The maximum absolute atomic E-state index is 11.5. The third kappa shape index (κ3) is 3.80. The molecule has 0 radical (unpaired) electrons. The zero-order valence-electron chi connectivity index (χ0n) is 14.5. The Morgan fingerprint density at radius 2 is 2.08 bits per heavy atom. The normalized spacial score (nSPS) is 19.4. The lowest BCUT2D eigenvalue weighted by Gasteiger charge is -2.37. The molecular formula is C19H23NO4S. The molecule has 25 heavy (non-hydrogen) atoms. The first-order chi connectivity index (χ1) is 12.1. The predicted molar refractivity (Wildman–Crippen MR) is 97.6 cm³/mol. The molecule has 6 heteroatoms. The van der Waals surface area contributed by atoms with Crippen LogP contribution in [-0.4, -0.2) is 43.3 Å². The maximum atomic E-state index is 11.5. The summed E-state index contributed by atoms with van der Waals surface area (Å²) in [7, 11) is 3.25. The van der Waals surface area contributed by atoms with Crippen molar-refractivity contribution in [3.05, 3.63) is 46.2 Å². The van der Waals surface area contributed by atoms with E-state index in [1.165, 1.54) is 4.88 Å². The second kappa shape index (κ2) is 7.89. The average Bonchev–Trinajstić information content (AvgIpc) is 3.16. The number of hydrogen-bond acceptors (Lipinski definition) is 5. The van der Waals surface area contributed by atoms with Gasteiger partial charge in [0.25, 0.3) is 0 Å². The van der Waals surface area contributed by atoms with Crippen LogP contribution in [-0.2, 0) is 4.79 Å². The highest BCUT2D eigenvalue weighted by atomic mass is 32.1. The molecule has 5 nitrogen and oxygen atoms in total. The van der Waals surface area contributed by atoms with Gasteiger partial charge >= 0.3 is 5.97 Å². The van der Waals surface area contributed by atoms with Gasteiger partial charge in [0.05, 0.1) is 26.2 Å². The lowest BCUT2D eigenvalue weighted by Crippen LogP contribution is -2.41. The molecule has 1 aromatic heterocycles. The first-order valence-electron chi connectivity index (χ1n) is 8.36. The Morgan fingerprint density at radius 1 is 1.28 bits per heavy atom. The summed E-state index contributed by atoms with van der Waals surface area (Å²) in [6.07, 6.45) is 1.64. The molecule has 0 aliphatic carbocycles. The Bertz CT molecular complexity index is 716. The van der Waals surface area contributed by atoms with E-state index in [0.717, 1.165) is 24.9 Å². The monoisotopic (exact) mass is 361 g/mol. The summed E-state index contributed by atoms with van der Waals surface area (Å²) in [6, 6.07) is 10.1. The number of benzene rings is 1. The molecule has 2 aromatic rings. The summed E-state index contributed by atoms with van der Waals surface area (Å²) in [5, 5.41) is 11.5. The van der Waals surface area contributed by atoms with Gasteiger partial charge in [0.1, 0.15) is 0 Å². The van der Waals surface area contributed by atoms with Crippen molar-refractivity contribution in [1.82, 2.24) is 4.90 Å². The minimum absolute atomic E-state index is 0.0296. The minimum atomic E-state index is -0.707. The molecule has 134 valence electrons. The van der Waals surface area contributed by atoms with Gasteiger partial charge in [-0.2, -0.15) is 0 Å². The van der Waals surface area contributed by atoms with Gasteiger partial charge < -0.3 is 14.6 Å². The average molecular weight is 361 g/mol. The predicted octanol–water partition coefficient (Wildman–Crippen LogP) is 3.65. The third-order valence-electron chi connectivity index (χ3n) is 4.70. The van der Waals surface area contributed by atoms with Crippen molar-refractivity contribution >= 4 is 17.3 Å². The van der Waals surface area contributed by atoms with Crippen LogP contribution >= 0.6 is 11.3 Å². The smallest absolute Gasteiger partial charge is 0.307 e. The number of rotatable bonds is 6. The molecule has 1 aliphatic rings. The van der Waals surface area contributed by atoms with E-state index >= 15 is 0 Å². The van der Waals surface area contributed by atoms with E-state index in [1.54, 1.807) is 25.6 Å². The number of carboxylic acids is 1. The maximum Gasteiger partial charge on any atom is 0.307 e. The second-order valence-corrected chi connectivity index (χ2v) is 7.18. The van der Waals surface area contributed by atoms with Gasteiger partial charge in [0.2, 0.25) is 0 Å². The van der Waals surface area contributed by atoms with Gasteiger partial charge in [-0.15, -0.1) is 11.3 Å². The fourth-order valence-electron chi connectivity index (χ4n) is 3.47. The van der Waals surface area contributed by atoms with Crippen molar-refractivity contribution in [2.45, 2.75) is 18.9 Å². The van der Waals surface area contributed by atoms with Crippen molar-refractivity contribution in [2.24, 2.45) is 5.92 Å². The Hall–Kier alpha value is -2.05. The molecule has 2 unspecified atom stereocenters. The number of hydrogen-bond donors (Lipinski definition) is 1. The number of likely N-dealkylation sites (tertiary alicyclic amines) is 1. The zero-order valence-corrected chi connectivity index (χ0v) is 15.3. The Morgan fingerprint density at radius 3 is 2.72 bits per heavy atom. The summed E-state index contributed by atoms with van der Waals surface area (Å²) in [6.45, 7) is 1.45. The number of carboxylic acid groups (broad SMARTS) is 1. The van der Waals surface area contributed by atoms with Crippen LogP contribution in [0.2, 0.25) is 0 Å². The van der Waals surface area contributed by atoms with Gasteiger partial charge in [-0.05, 0) is 48.5 Å². The van der Waals surface area contributed by atoms with E-state index in [0.29, 0.717) is 18.0 Å². The summed E-state index contributed by atoms with van der Waals surface area (Å²) >= 11 is 1.69. The van der Waals surface area contributed by atoms with Crippen molar-refractivity contribution in [1.29, 1.82) is 0 Å². The fourth-order valence-corrected chi connectivity index (χ4v) is 4.35. The van der Waals surface area contributed by atoms with E-state index in [4.69, 9.17) is 9.47 Å². The molecule has 2 atom stereocenters. The lowest BCUT2D eigenvalue weighted by molar-refractivity contribution is -0.143. The van der Waals surface area contributed by atoms with Crippen molar-refractivity contribution in [2.75, 3.05) is 27.3 Å². The van der Waals surface area contributed by atoms with Crippen LogP contribution in [0.3, 0.4) is 0 Å². The number of thiophene rings is 1. The summed E-state index contributed by atoms with van der Waals surface area (Å²) < 4.78 is 10.8. The van der Waals surface area contributed by atoms with Gasteiger partial charge in [0.15, 0.2) is 11.5 Å². The van der Waals surface area contributed by atoms with Crippen molar-refractivity contribution in [3.8, 4) is 11.5 Å². The number of piperidine rings is 1. The van der Waals surface area contributed by atoms with Gasteiger partial charge in [-0.3, -0.25) is 9.69 Å². The minimum Gasteiger partial charge on any atom is -0.493 e. The molecule has 1 fully saturated rings. The van der Waals surface area contributed by atoms with Crippen LogP contribution in [0.25, 0.3) is 0 Å². The third-order valence-corrected chi connectivity index (χ3v) is 5.63. The van der Waals surface area contributed by atoms with E-state index < -0.39 is 5.97 Å². The molecule has 1 N–H and O–H groups in total. The van der Waals surface area contributed by atoms with Crippen LogP contribution < -0.4 is 9.47 Å². The highest BCUT2D eigenvalue weighted by Gasteiger charge is 2.32. The highest BCUT2D eigenvalue weighted by molar-refractivity contribution is 7.10. The van der Waals surface area contributed by atoms with Crippen LogP contribution in [0.4, 0.5) is 0 Å². The zero-order chi connectivity index (χ0) is 17.8. The quantitative estimate of drug-likeness (QED) is 0.851. The molecule has 3 rings (SSSR count). The Kier molecular flexibility index (Phi) is 5.60. The summed E-state index contributed by atoms with van der Waals surface area (Å²) in [5.74, 6) is 0.366. The number of methoxy groups -OCH3 is 2. The Balaban J connectivity index is 1.97. The van der Waals surface area contributed by atoms with Gasteiger partial charge in [0, 0.05) is 11.4 Å². The molecule has 0 spiro atoms. The van der Waals surface area contributed by atoms with Crippen molar-refractivity contribution < 1.29 is 19.4 Å². The fraction of sp³-hybridized carbons (Fsp3) is 0.421. The SMILES string of the molecule is COc1ccc(C(c2cccs2)N2CCCC(C(=O)O)C2)cc1OC. The number of ether oxygens (including phenoxy) is 2. The first-order valence-corrected chi connectivity index (χ1v) is 9.24. The van der Waals surface area contributed by atoms with Crippen LogP contribution in [0.15, 0.2) is 35.7 Å². The second-order valence-electron chi connectivity index (χ2n) is 6.20. The van der Waals surface area contributed by atoms with Crippen molar-refractivity contribution in [3.63, 3.8) is 0 Å². The van der Waals surface area contributed by atoms with E-state index in [-0.39, 0.29) is 12.0 Å². The van der Waals surface area contributed by atoms with E-state index in [1.807, 2.05) is 24.3 Å². The molecule has 1 aliphatic heterocycles. The summed E-state index contributed by atoms with van der Waals surface area (Å²) in [4.78, 5) is 14.9. The molecule has 1 aromatic carbocycles. The van der Waals surface area contributed by atoms with Gasteiger partial charge in [-0.25, -0.2) is 0 Å². The number of carbonyl (C=O) groups is 1.